The van der Waals surface area contributed by atoms with Gasteiger partial charge in [0.1, 0.15) is 0 Å². The number of hydrogen-bond donors (Lipinski definition) is 0. The van der Waals surface area contributed by atoms with Crippen molar-refractivity contribution in [2.24, 2.45) is 0 Å². The second kappa shape index (κ2) is 6.96. The largest absolute Gasteiger partial charge is 0.494 e. The van der Waals surface area contributed by atoms with E-state index in [0.29, 0.717) is 5.92 Å². The highest BCUT2D eigenvalue weighted by Crippen LogP contribution is 2.37. The average molecular weight is 360 g/mol. The van der Waals surface area contributed by atoms with E-state index < -0.39 is 0 Å². The Kier molecular flexibility index (Phi) is 4.77. The summed E-state index contributed by atoms with van der Waals surface area (Å²) in [6.07, 6.45) is 18.9. The monoisotopic (exact) mass is 360 g/mol. The maximum atomic E-state index is 6.34. The highest BCUT2D eigenvalue weighted by atomic mass is 16.7. The fourth-order valence-corrected chi connectivity index (χ4v) is 3.83. The molecule has 1 heterocycles. The first-order chi connectivity index (χ1) is 12.9. The molecule has 0 amide bonds. The number of hydrogen-bond acceptors (Lipinski definition) is 2. The van der Waals surface area contributed by atoms with Crippen molar-refractivity contribution in [2.45, 2.75) is 64.1 Å². The third kappa shape index (κ3) is 3.63. The first-order valence-electron chi connectivity index (χ1n) is 10.1. The first-order valence-corrected chi connectivity index (χ1v) is 10.1. The van der Waals surface area contributed by atoms with Gasteiger partial charge in [0.25, 0.3) is 0 Å². The summed E-state index contributed by atoms with van der Waals surface area (Å²) < 4.78 is 12.7. The Morgan fingerprint density at radius 2 is 1.70 bits per heavy atom. The van der Waals surface area contributed by atoms with Gasteiger partial charge in [0.15, 0.2) is 0 Å². The van der Waals surface area contributed by atoms with E-state index in [9.17, 15) is 0 Å². The Labute approximate surface area is 163 Å². The van der Waals surface area contributed by atoms with Crippen molar-refractivity contribution in [1.82, 2.24) is 0 Å². The van der Waals surface area contributed by atoms with E-state index in [4.69, 9.17) is 9.31 Å². The molecule has 1 atom stereocenters. The van der Waals surface area contributed by atoms with Gasteiger partial charge in [-0.2, -0.15) is 0 Å². The maximum absolute atomic E-state index is 6.34. The van der Waals surface area contributed by atoms with Crippen LogP contribution in [0.5, 0.6) is 0 Å². The summed E-state index contributed by atoms with van der Waals surface area (Å²) in [4.78, 5) is 0. The highest BCUT2D eigenvalue weighted by molar-refractivity contribution is 6.62. The molecule has 3 aliphatic rings. The average Bonchev–Trinajstić information content (AvgIpc) is 2.90. The van der Waals surface area contributed by atoms with Crippen molar-refractivity contribution in [2.75, 3.05) is 0 Å². The predicted octanol–water partition coefficient (Wildman–Crippen LogP) is 5.32. The summed E-state index contributed by atoms with van der Waals surface area (Å²) >= 11 is 0. The van der Waals surface area contributed by atoms with Crippen LogP contribution in [0.2, 0.25) is 0 Å². The lowest BCUT2D eigenvalue weighted by molar-refractivity contribution is 0.00578. The number of rotatable bonds is 3. The van der Waals surface area contributed by atoms with E-state index >= 15 is 0 Å². The van der Waals surface area contributed by atoms with E-state index in [1.807, 2.05) is 0 Å². The molecule has 0 radical (unpaired) electrons. The molecule has 1 fully saturated rings. The predicted molar refractivity (Wildman–Crippen MR) is 114 cm³/mol. The molecule has 0 N–H and O–H groups in total. The van der Waals surface area contributed by atoms with Crippen LogP contribution in [-0.2, 0) is 9.31 Å². The van der Waals surface area contributed by atoms with Gasteiger partial charge in [0.2, 0.25) is 0 Å². The fourth-order valence-electron chi connectivity index (χ4n) is 3.83. The minimum Gasteiger partial charge on any atom is -0.399 e. The molecule has 140 valence electrons. The lowest BCUT2D eigenvalue weighted by Crippen LogP contribution is -2.41. The quantitative estimate of drug-likeness (QED) is 0.680. The van der Waals surface area contributed by atoms with Crippen molar-refractivity contribution in [3.8, 4) is 0 Å². The molecular formula is C24H29BO2. The molecule has 1 aliphatic heterocycles. The van der Waals surface area contributed by atoms with Crippen molar-refractivity contribution in [3.63, 3.8) is 0 Å². The van der Waals surface area contributed by atoms with Crippen molar-refractivity contribution < 1.29 is 9.31 Å². The van der Waals surface area contributed by atoms with Gasteiger partial charge in [0.05, 0.1) is 11.2 Å². The summed E-state index contributed by atoms with van der Waals surface area (Å²) in [7, 11) is -0.329. The molecule has 1 aromatic rings. The second-order valence-corrected chi connectivity index (χ2v) is 8.77. The zero-order chi connectivity index (χ0) is 19.1. The van der Waals surface area contributed by atoms with E-state index in [2.05, 4.69) is 88.4 Å². The van der Waals surface area contributed by atoms with E-state index in [1.54, 1.807) is 0 Å². The SMILES string of the molecule is CC1(C)OB(c2cc(C3=CCCC=C3)cc(C3C=CC=CC3)c2)OC1(C)C. The van der Waals surface area contributed by atoms with Gasteiger partial charge in [-0.3, -0.25) is 0 Å². The highest BCUT2D eigenvalue weighted by Gasteiger charge is 2.51. The van der Waals surface area contributed by atoms with Crippen LogP contribution in [0.3, 0.4) is 0 Å². The normalized spacial score (nSPS) is 25.7. The van der Waals surface area contributed by atoms with Gasteiger partial charge in [-0.25, -0.2) is 0 Å². The van der Waals surface area contributed by atoms with Crippen LogP contribution in [0.4, 0.5) is 0 Å². The molecule has 1 aromatic carbocycles. The van der Waals surface area contributed by atoms with Crippen LogP contribution in [0, 0.1) is 0 Å². The fraction of sp³-hybridized carbons (Fsp3) is 0.417. The van der Waals surface area contributed by atoms with Crippen molar-refractivity contribution >= 4 is 18.2 Å². The Bertz CT molecular complexity index is 826. The first kappa shape index (κ1) is 18.5. The molecular weight excluding hydrogens is 331 g/mol. The molecule has 1 saturated heterocycles. The molecule has 2 aliphatic carbocycles. The Morgan fingerprint density at radius 1 is 0.926 bits per heavy atom. The third-order valence-corrected chi connectivity index (χ3v) is 6.24. The van der Waals surface area contributed by atoms with Crippen LogP contribution in [0.1, 0.15) is 64.0 Å². The summed E-state index contributed by atoms with van der Waals surface area (Å²) in [6.45, 7) is 8.44. The zero-order valence-electron chi connectivity index (χ0n) is 16.9. The van der Waals surface area contributed by atoms with Gasteiger partial charge in [0, 0.05) is 5.92 Å². The molecule has 0 spiro atoms. The Hall–Kier alpha value is -1.84. The van der Waals surface area contributed by atoms with E-state index in [0.717, 1.165) is 24.7 Å². The van der Waals surface area contributed by atoms with Gasteiger partial charge in [-0.15, -0.1) is 0 Å². The zero-order valence-corrected chi connectivity index (χ0v) is 16.9. The lowest BCUT2D eigenvalue weighted by atomic mass is 9.75. The molecule has 1 unspecified atom stereocenters. The van der Waals surface area contributed by atoms with Crippen molar-refractivity contribution in [3.05, 3.63) is 71.9 Å². The van der Waals surface area contributed by atoms with Crippen LogP contribution in [0.15, 0.2) is 60.7 Å². The minimum absolute atomic E-state index is 0.328. The Balaban J connectivity index is 1.74. The van der Waals surface area contributed by atoms with Gasteiger partial charge in [-0.1, -0.05) is 60.7 Å². The van der Waals surface area contributed by atoms with Gasteiger partial charge >= 0.3 is 7.12 Å². The molecule has 27 heavy (non-hydrogen) atoms. The molecule has 4 rings (SSSR count). The molecule has 0 aromatic heterocycles. The van der Waals surface area contributed by atoms with Crippen LogP contribution < -0.4 is 5.46 Å². The molecule has 0 saturated carbocycles. The molecule has 0 bridgehead atoms. The standard InChI is InChI=1S/C24H29BO2/c1-23(2)24(3,4)27-25(26-23)22-16-20(18-11-7-5-8-12-18)15-21(17-22)19-13-9-6-10-14-19/h5,7-9,11,13-18H,6,10,12H2,1-4H3. The van der Waals surface area contributed by atoms with Crippen molar-refractivity contribution in [1.29, 1.82) is 0 Å². The number of benzene rings is 1. The summed E-state index contributed by atoms with van der Waals surface area (Å²) in [6, 6.07) is 6.85. The van der Waals surface area contributed by atoms with Crippen LogP contribution >= 0.6 is 0 Å². The third-order valence-electron chi connectivity index (χ3n) is 6.24. The minimum atomic E-state index is -0.329. The summed E-state index contributed by atoms with van der Waals surface area (Å²) in [5.41, 5.74) is 4.35. The van der Waals surface area contributed by atoms with Crippen LogP contribution in [0.25, 0.3) is 5.57 Å². The number of allylic oxidation sites excluding steroid dienone is 8. The van der Waals surface area contributed by atoms with E-state index in [1.165, 1.54) is 16.7 Å². The molecule has 3 heteroatoms. The summed E-state index contributed by atoms with van der Waals surface area (Å²) in [5.74, 6) is 0.407. The lowest BCUT2D eigenvalue weighted by Gasteiger charge is -2.32. The summed E-state index contributed by atoms with van der Waals surface area (Å²) in [5, 5.41) is 0. The molecule has 2 nitrogen and oxygen atoms in total. The topological polar surface area (TPSA) is 18.5 Å². The van der Waals surface area contributed by atoms with Crippen LogP contribution in [-0.4, -0.2) is 18.3 Å². The maximum Gasteiger partial charge on any atom is 0.494 e. The van der Waals surface area contributed by atoms with Gasteiger partial charge in [-0.05, 0) is 69.1 Å². The Morgan fingerprint density at radius 3 is 2.33 bits per heavy atom. The van der Waals surface area contributed by atoms with Gasteiger partial charge < -0.3 is 9.31 Å². The van der Waals surface area contributed by atoms with E-state index in [-0.39, 0.29) is 18.3 Å². The smallest absolute Gasteiger partial charge is 0.399 e. The second-order valence-electron chi connectivity index (χ2n) is 8.77.